The zero-order chi connectivity index (χ0) is 14.5. The predicted molar refractivity (Wildman–Crippen MR) is 69.6 cm³/mol. The molecule has 0 saturated heterocycles. The Bertz CT molecular complexity index is 524. The van der Waals surface area contributed by atoms with E-state index in [-0.39, 0.29) is 18.0 Å². The fraction of sp³-hybridized carbons (Fsp3) is 0.417. The van der Waals surface area contributed by atoms with Crippen LogP contribution in [0, 0.1) is 6.92 Å². The molecular formula is C12H17NO5S. The van der Waals surface area contributed by atoms with Gasteiger partial charge in [0.15, 0.2) is 0 Å². The van der Waals surface area contributed by atoms with Crippen LogP contribution in [0.4, 0.5) is 4.79 Å². The molecule has 0 atom stereocenters. The number of benzene rings is 1. The van der Waals surface area contributed by atoms with Crippen LogP contribution >= 0.6 is 0 Å². The van der Waals surface area contributed by atoms with E-state index < -0.39 is 16.2 Å². The van der Waals surface area contributed by atoms with E-state index in [0.717, 1.165) is 10.5 Å². The summed E-state index contributed by atoms with van der Waals surface area (Å²) in [5.74, 6) is 0. The van der Waals surface area contributed by atoms with Crippen LogP contribution in [0.2, 0.25) is 0 Å². The Kier molecular flexibility index (Phi) is 5.31. The molecule has 1 amide bonds. The van der Waals surface area contributed by atoms with Crippen molar-refractivity contribution in [2.24, 2.45) is 0 Å². The topological polar surface area (TPSA) is 83.9 Å². The molecule has 0 unspecified atom stereocenters. The zero-order valence-corrected chi connectivity index (χ0v) is 11.7. The number of hydrogen-bond acceptors (Lipinski definition) is 4. The van der Waals surface area contributed by atoms with Crippen molar-refractivity contribution in [1.82, 2.24) is 4.90 Å². The summed E-state index contributed by atoms with van der Waals surface area (Å²) in [5.41, 5.74) is 0.960. The van der Waals surface area contributed by atoms with Gasteiger partial charge in [-0.1, -0.05) is 17.7 Å². The molecule has 1 N–H and O–H groups in total. The van der Waals surface area contributed by atoms with Crippen LogP contribution in [0.1, 0.15) is 12.0 Å². The van der Waals surface area contributed by atoms with E-state index in [1.807, 2.05) is 6.92 Å². The molecule has 19 heavy (non-hydrogen) atoms. The van der Waals surface area contributed by atoms with Gasteiger partial charge in [-0.05, 0) is 25.5 Å². The Labute approximate surface area is 112 Å². The van der Waals surface area contributed by atoms with Gasteiger partial charge in [-0.15, -0.1) is 0 Å². The highest BCUT2D eigenvalue weighted by atomic mass is 32.2. The van der Waals surface area contributed by atoms with Crippen molar-refractivity contribution < 1.29 is 22.5 Å². The molecule has 106 valence electrons. The lowest BCUT2D eigenvalue weighted by atomic mass is 10.2. The van der Waals surface area contributed by atoms with Crippen molar-refractivity contribution in [3.05, 3.63) is 29.8 Å². The summed E-state index contributed by atoms with van der Waals surface area (Å²) in [5, 5.41) is 8.61. The first-order chi connectivity index (χ1) is 8.83. The number of hydrogen-bond donors (Lipinski definition) is 1. The first-order valence-electron chi connectivity index (χ1n) is 5.73. The molecule has 0 heterocycles. The van der Waals surface area contributed by atoms with Gasteiger partial charge in [0.2, 0.25) is 0 Å². The average Bonchev–Trinajstić information content (AvgIpc) is 2.34. The largest absolute Gasteiger partial charge is 0.465 e. The van der Waals surface area contributed by atoms with Crippen LogP contribution in [0.3, 0.4) is 0 Å². The fourth-order valence-electron chi connectivity index (χ4n) is 1.34. The van der Waals surface area contributed by atoms with Crippen molar-refractivity contribution in [2.45, 2.75) is 18.2 Å². The average molecular weight is 287 g/mol. The molecule has 0 aliphatic heterocycles. The van der Waals surface area contributed by atoms with Gasteiger partial charge in [0.25, 0.3) is 10.1 Å². The minimum atomic E-state index is -3.76. The molecule has 0 aliphatic carbocycles. The Balaban J connectivity index is 2.48. The molecule has 0 saturated carbocycles. The highest BCUT2D eigenvalue weighted by molar-refractivity contribution is 7.86. The van der Waals surface area contributed by atoms with Crippen LogP contribution in [0.25, 0.3) is 0 Å². The summed E-state index contributed by atoms with van der Waals surface area (Å²) in [6.45, 7) is 2.03. The molecular weight excluding hydrogens is 270 g/mol. The van der Waals surface area contributed by atoms with Gasteiger partial charge in [-0.2, -0.15) is 8.42 Å². The minimum absolute atomic E-state index is 0.0478. The lowest BCUT2D eigenvalue weighted by molar-refractivity contribution is 0.153. The molecule has 0 bridgehead atoms. The second-order valence-corrected chi connectivity index (χ2v) is 5.76. The van der Waals surface area contributed by atoms with E-state index in [9.17, 15) is 13.2 Å². The van der Waals surface area contributed by atoms with Gasteiger partial charge in [0, 0.05) is 13.6 Å². The second kappa shape index (κ2) is 6.53. The van der Waals surface area contributed by atoms with Gasteiger partial charge in [-0.25, -0.2) is 4.79 Å². The van der Waals surface area contributed by atoms with Crippen molar-refractivity contribution in [3.8, 4) is 0 Å². The highest BCUT2D eigenvalue weighted by Crippen LogP contribution is 2.13. The third-order valence-electron chi connectivity index (χ3n) is 2.51. The van der Waals surface area contributed by atoms with Crippen LogP contribution in [0.5, 0.6) is 0 Å². The lowest BCUT2D eigenvalue weighted by Crippen LogP contribution is -2.26. The number of rotatable bonds is 6. The maximum absolute atomic E-state index is 11.8. The molecule has 0 fully saturated rings. The number of carbonyl (C=O) groups is 1. The van der Waals surface area contributed by atoms with Gasteiger partial charge in [0.05, 0.1) is 11.5 Å². The van der Waals surface area contributed by atoms with Crippen LogP contribution < -0.4 is 0 Å². The summed E-state index contributed by atoms with van der Waals surface area (Å²) >= 11 is 0. The number of aryl methyl sites for hydroxylation is 1. The van der Waals surface area contributed by atoms with Gasteiger partial charge >= 0.3 is 6.09 Å². The molecule has 1 aromatic carbocycles. The molecule has 1 aromatic rings. The maximum Gasteiger partial charge on any atom is 0.407 e. The highest BCUT2D eigenvalue weighted by Gasteiger charge is 2.14. The van der Waals surface area contributed by atoms with Crippen molar-refractivity contribution in [1.29, 1.82) is 0 Å². The first kappa shape index (κ1) is 15.5. The maximum atomic E-state index is 11.8. The normalized spacial score (nSPS) is 11.3. The van der Waals surface area contributed by atoms with E-state index in [1.54, 1.807) is 12.1 Å². The predicted octanol–water partition coefficient (Wildman–Crippen LogP) is 1.70. The number of nitrogens with zero attached hydrogens (tertiary/aromatic N) is 1. The van der Waals surface area contributed by atoms with Crippen molar-refractivity contribution >= 4 is 16.2 Å². The van der Waals surface area contributed by atoms with Gasteiger partial charge in [-0.3, -0.25) is 4.18 Å². The molecule has 0 radical (unpaired) electrons. The third kappa shape index (κ3) is 4.88. The van der Waals surface area contributed by atoms with E-state index in [0.29, 0.717) is 6.42 Å². The standard InChI is InChI=1S/C12H17NO5S/c1-10-4-6-11(7-5-10)19(16,17)18-9-3-8-13(2)12(14)15/h4-7H,3,8-9H2,1-2H3,(H,14,15). The summed E-state index contributed by atoms with van der Waals surface area (Å²) < 4.78 is 28.4. The lowest BCUT2D eigenvalue weighted by Gasteiger charge is -2.12. The SMILES string of the molecule is Cc1ccc(S(=O)(=O)OCCCN(C)C(=O)O)cc1. The monoisotopic (exact) mass is 287 g/mol. The molecule has 1 rings (SSSR count). The summed E-state index contributed by atoms with van der Waals surface area (Å²) in [4.78, 5) is 11.7. The van der Waals surface area contributed by atoms with Crippen molar-refractivity contribution in [2.75, 3.05) is 20.2 Å². The Hall–Kier alpha value is -1.60. The number of carboxylic acid groups (broad SMARTS) is 1. The van der Waals surface area contributed by atoms with E-state index in [4.69, 9.17) is 9.29 Å². The van der Waals surface area contributed by atoms with Crippen LogP contribution in [-0.2, 0) is 14.3 Å². The molecule has 7 heteroatoms. The molecule has 0 aliphatic rings. The summed E-state index contributed by atoms with van der Waals surface area (Å²) in [7, 11) is -2.35. The van der Waals surface area contributed by atoms with Gasteiger partial charge in [0.1, 0.15) is 0 Å². The second-order valence-electron chi connectivity index (χ2n) is 4.15. The molecule has 0 spiro atoms. The molecule has 0 aromatic heterocycles. The number of amides is 1. The van der Waals surface area contributed by atoms with Crippen LogP contribution in [-0.4, -0.2) is 44.7 Å². The quantitative estimate of drug-likeness (QED) is 0.636. The Morgan fingerprint density at radius 2 is 1.89 bits per heavy atom. The summed E-state index contributed by atoms with van der Waals surface area (Å²) in [6.07, 6.45) is -0.741. The van der Waals surface area contributed by atoms with Gasteiger partial charge < -0.3 is 10.0 Å². The van der Waals surface area contributed by atoms with Crippen LogP contribution in [0.15, 0.2) is 29.2 Å². The van der Waals surface area contributed by atoms with Crippen molar-refractivity contribution in [3.63, 3.8) is 0 Å². The Morgan fingerprint density at radius 1 is 1.32 bits per heavy atom. The third-order valence-corrected chi connectivity index (χ3v) is 3.84. The zero-order valence-electron chi connectivity index (χ0n) is 10.9. The fourth-order valence-corrected chi connectivity index (χ4v) is 2.28. The first-order valence-corrected chi connectivity index (χ1v) is 7.14. The van der Waals surface area contributed by atoms with E-state index in [2.05, 4.69) is 0 Å². The smallest absolute Gasteiger partial charge is 0.407 e. The Morgan fingerprint density at radius 3 is 2.42 bits per heavy atom. The van der Waals surface area contributed by atoms with E-state index in [1.165, 1.54) is 19.2 Å². The summed E-state index contributed by atoms with van der Waals surface area (Å²) in [6, 6.07) is 6.34. The molecule has 6 nitrogen and oxygen atoms in total. The minimum Gasteiger partial charge on any atom is -0.465 e. The van der Waals surface area contributed by atoms with E-state index >= 15 is 0 Å².